The average molecular weight is 221 g/mol. The Morgan fingerprint density at radius 3 is 2.41 bits per heavy atom. The van der Waals surface area contributed by atoms with E-state index < -0.39 is 0 Å². The molecule has 2 aromatic rings. The second kappa shape index (κ2) is 3.56. The Bertz CT molecular complexity index is 580. The van der Waals surface area contributed by atoms with E-state index in [1.54, 1.807) is 0 Å². The third-order valence-electron chi connectivity index (χ3n) is 3.32. The molecule has 0 spiro atoms. The molecule has 2 aromatic carbocycles. The summed E-state index contributed by atoms with van der Waals surface area (Å²) in [5.41, 5.74) is 5.01. The summed E-state index contributed by atoms with van der Waals surface area (Å²) < 4.78 is 0. The molecule has 1 heteroatoms. The van der Waals surface area contributed by atoms with Crippen LogP contribution in [0.3, 0.4) is 0 Å². The lowest BCUT2D eigenvalue weighted by Gasteiger charge is -2.16. The van der Waals surface area contributed by atoms with E-state index in [2.05, 4.69) is 61.3 Å². The average Bonchev–Trinajstić information content (AvgIpc) is 2.66. The van der Waals surface area contributed by atoms with Crippen molar-refractivity contribution in [3.63, 3.8) is 0 Å². The van der Waals surface area contributed by atoms with Gasteiger partial charge in [0.15, 0.2) is 0 Å². The Balaban J connectivity index is 2.13. The molecule has 0 aliphatic carbocycles. The van der Waals surface area contributed by atoms with Crippen molar-refractivity contribution in [2.75, 3.05) is 0 Å². The molecular formula is C16H15N. The first kappa shape index (κ1) is 10.3. The minimum Gasteiger partial charge on any atom is -0.260 e. The summed E-state index contributed by atoms with van der Waals surface area (Å²) in [6.45, 7) is 4.41. The third kappa shape index (κ3) is 1.68. The minimum atomic E-state index is 0.0557. The lowest BCUT2D eigenvalue weighted by Crippen LogP contribution is -2.14. The maximum Gasteiger partial charge on any atom is 0.0667 e. The molecule has 0 saturated heterocycles. The Morgan fingerprint density at radius 1 is 0.882 bits per heavy atom. The smallest absolute Gasteiger partial charge is 0.0667 e. The highest BCUT2D eigenvalue weighted by Gasteiger charge is 2.26. The highest BCUT2D eigenvalue weighted by molar-refractivity contribution is 5.86. The van der Waals surface area contributed by atoms with Gasteiger partial charge in [0.05, 0.1) is 5.69 Å². The SMILES string of the molecule is CC1(C)C=Nc2ccc(-c3ccccc3)cc21. The number of rotatable bonds is 1. The fraction of sp³-hybridized carbons (Fsp3) is 0.188. The summed E-state index contributed by atoms with van der Waals surface area (Å²) in [4.78, 5) is 4.46. The molecule has 0 bridgehead atoms. The van der Waals surface area contributed by atoms with Crippen LogP contribution in [0.4, 0.5) is 5.69 Å². The van der Waals surface area contributed by atoms with Crippen molar-refractivity contribution < 1.29 is 0 Å². The summed E-state index contributed by atoms with van der Waals surface area (Å²) in [6.07, 6.45) is 2.03. The van der Waals surface area contributed by atoms with Gasteiger partial charge in [-0.15, -0.1) is 0 Å². The molecule has 0 amide bonds. The van der Waals surface area contributed by atoms with Crippen LogP contribution >= 0.6 is 0 Å². The molecule has 0 unspecified atom stereocenters. The van der Waals surface area contributed by atoms with Gasteiger partial charge in [-0.1, -0.05) is 50.2 Å². The summed E-state index contributed by atoms with van der Waals surface area (Å²) in [7, 11) is 0. The number of benzene rings is 2. The topological polar surface area (TPSA) is 12.4 Å². The minimum absolute atomic E-state index is 0.0557. The first-order chi connectivity index (χ1) is 8.17. The molecular weight excluding hydrogens is 206 g/mol. The van der Waals surface area contributed by atoms with Crippen molar-refractivity contribution in [1.29, 1.82) is 0 Å². The fourth-order valence-electron chi connectivity index (χ4n) is 2.28. The van der Waals surface area contributed by atoms with Crippen LogP contribution in [0.2, 0.25) is 0 Å². The van der Waals surface area contributed by atoms with E-state index in [0.717, 1.165) is 5.69 Å². The van der Waals surface area contributed by atoms with Crippen LogP contribution in [0.15, 0.2) is 53.5 Å². The summed E-state index contributed by atoms with van der Waals surface area (Å²) >= 11 is 0. The zero-order valence-corrected chi connectivity index (χ0v) is 10.1. The van der Waals surface area contributed by atoms with Crippen molar-refractivity contribution >= 4 is 11.9 Å². The first-order valence-electron chi connectivity index (χ1n) is 5.92. The second-order valence-corrected chi connectivity index (χ2v) is 5.08. The lowest BCUT2D eigenvalue weighted by molar-refractivity contribution is 0.753. The van der Waals surface area contributed by atoms with E-state index in [0.29, 0.717) is 0 Å². The van der Waals surface area contributed by atoms with Crippen molar-refractivity contribution in [1.82, 2.24) is 0 Å². The third-order valence-corrected chi connectivity index (χ3v) is 3.32. The van der Waals surface area contributed by atoms with Crippen molar-refractivity contribution in [2.24, 2.45) is 4.99 Å². The van der Waals surface area contributed by atoms with Gasteiger partial charge in [0.1, 0.15) is 0 Å². The molecule has 17 heavy (non-hydrogen) atoms. The van der Waals surface area contributed by atoms with Crippen LogP contribution in [0.25, 0.3) is 11.1 Å². The van der Waals surface area contributed by atoms with Gasteiger partial charge in [-0.3, -0.25) is 4.99 Å². The van der Waals surface area contributed by atoms with Gasteiger partial charge < -0.3 is 0 Å². The maximum atomic E-state index is 4.46. The largest absolute Gasteiger partial charge is 0.260 e. The molecule has 0 fully saturated rings. The summed E-state index contributed by atoms with van der Waals surface area (Å²) in [5.74, 6) is 0. The molecule has 0 N–H and O–H groups in total. The van der Waals surface area contributed by atoms with Gasteiger partial charge in [0, 0.05) is 11.6 Å². The Hall–Kier alpha value is -1.89. The van der Waals surface area contributed by atoms with Crippen molar-refractivity contribution in [3.8, 4) is 11.1 Å². The molecule has 0 aromatic heterocycles. The molecule has 1 aliphatic rings. The van der Waals surface area contributed by atoms with E-state index >= 15 is 0 Å². The van der Waals surface area contributed by atoms with Gasteiger partial charge >= 0.3 is 0 Å². The Kier molecular flexibility index (Phi) is 2.15. The highest BCUT2D eigenvalue weighted by Crippen LogP contribution is 2.38. The van der Waals surface area contributed by atoms with Gasteiger partial charge in [0.25, 0.3) is 0 Å². The van der Waals surface area contributed by atoms with Crippen LogP contribution in [-0.2, 0) is 5.41 Å². The number of hydrogen-bond acceptors (Lipinski definition) is 1. The standard InChI is InChI=1S/C16H15N/c1-16(2)11-17-15-9-8-13(10-14(15)16)12-6-4-3-5-7-12/h3-11H,1-2H3. The predicted molar refractivity (Wildman–Crippen MR) is 73.1 cm³/mol. The van der Waals surface area contributed by atoms with Crippen LogP contribution in [0, 0.1) is 0 Å². The van der Waals surface area contributed by atoms with Crippen LogP contribution in [-0.4, -0.2) is 6.21 Å². The van der Waals surface area contributed by atoms with Gasteiger partial charge in [-0.05, 0) is 28.8 Å². The number of hydrogen-bond donors (Lipinski definition) is 0. The maximum absolute atomic E-state index is 4.46. The molecule has 0 saturated carbocycles. The number of fused-ring (bicyclic) bond motifs is 1. The second-order valence-electron chi connectivity index (χ2n) is 5.08. The molecule has 84 valence electrons. The molecule has 0 radical (unpaired) electrons. The van der Waals surface area contributed by atoms with Crippen LogP contribution < -0.4 is 0 Å². The number of nitrogens with zero attached hydrogens (tertiary/aromatic N) is 1. The van der Waals surface area contributed by atoms with E-state index in [1.807, 2.05) is 12.3 Å². The molecule has 1 nitrogen and oxygen atoms in total. The van der Waals surface area contributed by atoms with Crippen LogP contribution in [0.1, 0.15) is 19.4 Å². The van der Waals surface area contributed by atoms with Gasteiger partial charge in [-0.25, -0.2) is 0 Å². The number of aliphatic imine (C=N–C) groups is 1. The molecule has 3 rings (SSSR count). The van der Waals surface area contributed by atoms with E-state index in [9.17, 15) is 0 Å². The van der Waals surface area contributed by atoms with Gasteiger partial charge in [0.2, 0.25) is 0 Å². The van der Waals surface area contributed by atoms with E-state index in [1.165, 1.54) is 16.7 Å². The van der Waals surface area contributed by atoms with E-state index in [4.69, 9.17) is 0 Å². The Morgan fingerprint density at radius 2 is 1.65 bits per heavy atom. The van der Waals surface area contributed by atoms with Crippen LogP contribution in [0.5, 0.6) is 0 Å². The lowest BCUT2D eigenvalue weighted by atomic mass is 9.85. The predicted octanol–water partition coefficient (Wildman–Crippen LogP) is 4.35. The molecule has 1 aliphatic heterocycles. The zero-order valence-electron chi connectivity index (χ0n) is 10.1. The van der Waals surface area contributed by atoms with E-state index in [-0.39, 0.29) is 5.41 Å². The fourth-order valence-corrected chi connectivity index (χ4v) is 2.28. The normalized spacial score (nSPS) is 15.9. The first-order valence-corrected chi connectivity index (χ1v) is 5.92. The quantitative estimate of drug-likeness (QED) is 0.679. The van der Waals surface area contributed by atoms with Gasteiger partial charge in [-0.2, -0.15) is 0 Å². The summed E-state index contributed by atoms with van der Waals surface area (Å²) in [6, 6.07) is 17.0. The molecule has 1 heterocycles. The van der Waals surface area contributed by atoms with Crippen molar-refractivity contribution in [2.45, 2.75) is 19.3 Å². The summed E-state index contributed by atoms with van der Waals surface area (Å²) in [5, 5.41) is 0. The van der Waals surface area contributed by atoms with Crippen molar-refractivity contribution in [3.05, 3.63) is 54.1 Å². The Labute approximate surface area is 102 Å². The molecule has 0 atom stereocenters. The monoisotopic (exact) mass is 221 g/mol. The zero-order chi connectivity index (χ0) is 11.9. The highest BCUT2D eigenvalue weighted by atomic mass is 14.8.